The largest absolute Gasteiger partial charge is 0.462 e. The molecule has 1 unspecified atom stereocenters. The average molecular weight is 1090 g/mol. The number of carbonyl (C=O) groups is 3. The lowest BCUT2D eigenvalue weighted by atomic mass is 10.0. The second-order valence-corrected chi connectivity index (χ2v) is 22.4. The molecule has 0 aliphatic carbocycles. The van der Waals surface area contributed by atoms with Crippen molar-refractivity contribution in [1.29, 1.82) is 0 Å². The van der Waals surface area contributed by atoms with Crippen LogP contribution < -0.4 is 0 Å². The highest BCUT2D eigenvalue weighted by Gasteiger charge is 2.19. The minimum absolute atomic E-state index is 0.0825. The molecule has 0 heterocycles. The molecular formula is C72H126O6. The maximum absolute atomic E-state index is 12.9. The molecule has 0 aromatic carbocycles. The third-order valence-corrected chi connectivity index (χ3v) is 14.6. The van der Waals surface area contributed by atoms with Gasteiger partial charge in [-0.25, -0.2) is 0 Å². The standard InChI is InChI=1S/C72H126O6/c1-4-7-10-13-16-19-22-25-28-31-33-34-35-36-37-38-40-41-44-47-50-53-56-59-62-65-71(74)77-68-69(67-76-70(73)64-61-58-55-52-49-46-43-30-27-24-21-18-15-12-9-6-3)78-72(75)66-63-60-57-54-51-48-45-42-39-32-29-26-23-20-17-14-11-8-5-2/h7,10,16,19,25,28,30,33-34,36-37,40-41,43,69H,4-6,8-9,11-15,17-18,20-24,26-27,29,31-32,35,38-39,42,44-68H2,1-3H3/b10-7-,19-16-,28-25-,34-33-,37-36-,41-40-,43-30-. The Bertz CT molecular complexity index is 1480. The second-order valence-electron chi connectivity index (χ2n) is 22.4. The number of hydrogen-bond donors (Lipinski definition) is 0. The first-order valence-corrected chi connectivity index (χ1v) is 33.6. The van der Waals surface area contributed by atoms with Gasteiger partial charge in [-0.05, 0) is 96.3 Å². The Morgan fingerprint density at radius 3 is 0.795 bits per heavy atom. The number of rotatable bonds is 61. The lowest BCUT2D eigenvalue weighted by molar-refractivity contribution is -0.167. The summed E-state index contributed by atoms with van der Waals surface area (Å²) in [6, 6.07) is 0. The zero-order valence-electron chi connectivity index (χ0n) is 51.7. The molecule has 0 N–H and O–H groups in total. The first-order valence-electron chi connectivity index (χ1n) is 33.6. The van der Waals surface area contributed by atoms with E-state index in [9.17, 15) is 14.4 Å². The third kappa shape index (κ3) is 63.4. The van der Waals surface area contributed by atoms with Crippen molar-refractivity contribution < 1.29 is 28.6 Å². The van der Waals surface area contributed by atoms with Crippen molar-refractivity contribution in [1.82, 2.24) is 0 Å². The van der Waals surface area contributed by atoms with Crippen molar-refractivity contribution in [2.75, 3.05) is 13.2 Å². The van der Waals surface area contributed by atoms with E-state index in [0.717, 1.165) is 116 Å². The highest BCUT2D eigenvalue weighted by Crippen LogP contribution is 2.17. The molecule has 0 bridgehead atoms. The summed E-state index contributed by atoms with van der Waals surface area (Å²) in [5, 5.41) is 0. The van der Waals surface area contributed by atoms with Gasteiger partial charge in [-0.2, -0.15) is 0 Å². The molecule has 450 valence electrons. The van der Waals surface area contributed by atoms with Gasteiger partial charge in [0.1, 0.15) is 13.2 Å². The minimum Gasteiger partial charge on any atom is -0.462 e. The molecule has 0 aromatic heterocycles. The molecule has 0 aliphatic heterocycles. The fraction of sp³-hybridized carbons (Fsp3) is 0.764. The average Bonchev–Trinajstić information content (AvgIpc) is 3.44. The fourth-order valence-electron chi connectivity index (χ4n) is 9.62. The van der Waals surface area contributed by atoms with E-state index < -0.39 is 6.10 Å². The van der Waals surface area contributed by atoms with Crippen LogP contribution in [0.15, 0.2) is 85.1 Å². The van der Waals surface area contributed by atoms with Gasteiger partial charge in [0.05, 0.1) is 0 Å². The van der Waals surface area contributed by atoms with Crippen LogP contribution in [-0.2, 0) is 28.6 Å². The van der Waals surface area contributed by atoms with Crippen LogP contribution >= 0.6 is 0 Å². The van der Waals surface area contributed by atoms with Crippen molar-refractivity contribution in [2.45, 2.75) is 341 Å². The molecule has 0 amide bonds. The molecule has 0 rings (SSSR count). The Kier molecular flexibility index (Phi) is 63.2. The summed E-state index contributed by atoms with van der Waals surface area (Å²) in [4.78, 5) is 38.4. The molecule has 6 nitrogen and oxygen atoms in total. The van der Waals surface area contributed by atoms with Crippen LogP contribution in [0.25, 0.3) is 0 Å². The number of unbranched alkanes of at least 4 members (excludes halogenated alkanes) is 36. The second kappa shape index (κ2) is 66.1. The zero-order chi connectivity index (χ0) is 56.4. The van der Waals surface area contributed by atoms with Gasteiger partial charge in [0.25, 0.3) is 0 Å². The highest BCUT2D eigenvalue weighted by molar-refractivity contribution is 5.71. The van der Waals surface area contributed by atoms with E-state index in [2.05, 4.69) is 106 Å². The summed E-state index contributed by atoms with van der Waals surface area (Å²) in [5.74, 6) is -0.887. The van der Waals surface area contributed by atoms with Gasteiger partial charge in [0.2, 0.25) is 0 Å². The van der Waals surface area contributed by atoms with Gasteiger partial charge in [0, 0.05) is 19.3 Å². The number of hydrogen-bond acceptors (Lipinski definition) is 6. The van der Waals surface area contributed by atoms with Gasteiger partial charge in [-0.3, -0.25) is 14.4 Å². The minimum atomic E-state index is -0.786. The van der Waals surface area contributed by atoms with E-state index in [1.54, 1.807) is 0 Å². The topological polar surface area (TPSA) is 78.9 Å². The highest BCUT2D eigenvalue weighted by atomic mass is 16.6. The van der Waals surface area contributed by atoms with Gasteiger partial charge >= 0.3 is 17.9 Å². The van der Waals surface area contributed by atoms with Crippen LogP contribution in [0.5, 0.6) is 0 Å². The van der Waals surface area contributed by atoms with E-state index in [0.29, 0.717) is 19.3 Å². The van der Waals surface area contributed by atoms with Crippen molar-refractivity contribution >= 4 is 17.9 Å². The molecule has 1 atom stereocenters. The Balaban J connectivity index is 4.38. The van der Waals surface area contributed by atoms with E-state index >= 15 is 0 Å². The summed E-state index contributed by atoms with van der Waals surface area (Å²) in [6.07, 6.45) is 87.3. The molecular weight excluding hydrogens is 961 g/mol. The Morgan fingerprint density at radius 1 is 0.269 bits per heavy atom. The SMILES string of the molecule is CC/C=C\C/C=C\C/C=C\C/C=C\C/C=C\C/C=C\CCCCCCCCC(=O)OCC(COC(=O)CCCCCCC/C=C\CCCCCCCCC)OC(=O)CCCCCCCCCCCCCCCCCCCCC. The molecule has 0 aromatic rings. The lowest BCUT2D eigenvalue weighted by Crippen LogP contribution is -2.30. The van der Waals surface area contributed by atoms with E-state index in [-0.39, 0.29) is 31.1 Å². The van der Waals surface area contributed by atoms with Crippen LogP contribution in [0.4, 0.5) is 0 Å². The third-order valence-electron chi connectivity index (χ3n) is 14.6. The van der Waals surface area contributed by atoms with Gasteiger partial charge in [-0.15, -0.1) is 0 Å². The number of ether oxygens (including phenoxy) is 3. The quantitative estimate of drug-likeness (QED) is 0.0261. The van der Waals surface area contributed by atoms with E-state index in [1.807, 2.05) is 0 Å². The molecule has 0 aliphatic rings. The number of allylic oxidation sites excluding steroid dienone is 14. The smallest absolute Gasteiger partial charge is 0.306 e. The van der Waals surface area contributed by atoms with Crippen LogP contribution in [0, 0.1) is 0 Å². The molecule has 78 heavy (non-hydrogen) atoms. The molecule has 0 saturated carbocycles. The Morgan fingerprint density at radius 2 is 0.500 bits per heavy atom. The maximum Gasteiger partial charge on any atom is 0.306 e. The van der Waals surface area contributed by atoms with Crippen molar-refractivity contribution in [3.05, 3.63) is 85.1 Å². The number of esters is 3. The fourth-order valence-corrected chi connectivity index (χ4v) is 9.62. The molecule has 6 heteroatoms. The normalized spacial score (nSPS) is 12.6. The van der Waals surface area contributed by atoms with Crippen LogP contribution in [0.2, 0.25) is 0 Å². The first-order chi connectivity index (χ1) is 38.5. The molecule has 0 fully saturated rings. The van der Waals surface area contributed by atoms with E-state index in [1.165, 1.54) is 180 Å². The van der Waals surface area contributed by atoms with Crippen molar-refractivity contribution in [2.24, 2.45) is 0 Å². The van der Waals surface area contributed by atoms with Crippen LogP contribution in [-0.4, -0.2) is 37.2 Å². The van der Waals surface area contributed by atoms with Gasteiger partial charge < -0.3 is 14.2 Å². The van der Waals surface area contributed by atoms with Crippen LogP contribution in [0.3, 0.4) is 0 Å². The summed E-state index contributed by atoms with van der Waals surface area (Å²) in [7, 11) is 0. The molecule has 0 spiro atoms. The summed E-state index contributed by atoms with van der Waals surface area (Å²) in [6.45, 7) is 6.55. The van der Waals surface area contributed by atoms with Crippen molar-refractivity contribution in [3.8, 4) is 0 Å². The van der Waals surface area contributed by atoms with Crippen LogP contribution in [0.1, 0.15) is 335 Å². The monoisotopic (exact) mass is 1090 g/mol. The predicted molar refractivity (Wildman–Crippen MR) is 339 cm³/mol. The van der Waals surface area contributed by atoms with Crippen molar-refractivity contribution in [3.63, 3.8) is 0 Å². The summed E-state index contributed by atoms with van der Waals surface area (Å²) < 4.78 is 17.0. The first kappa shape index (κ1) is 74.6. The van der Waals surface area contributed by atoms with Gasteiger partial charge in [-0.1, -0.05) is 305 Å². The van der Waals surface area contributed by atoms with E-state index in [4.69, 9.17) is 14.2 Å². The number of carbonyl (C=O) groups excluding carboxylic acids is 3. The Hall–Kier alpha value is -3.41. The lowest BCUT2D eigenvalue weighted by Gasteiger charge is -2.18. The maximum atomic E-state index is 12.9. The molecule has 0 saturated heterocycles. The Labute approximate surface area is 484 Å². The molecule has 0 radical (unpaired) electrons. The zero-order valence-corrected chi connectivity index (χ0v) is 51.7. The predicted octanol–water partition coefficient (Wildman–Crippen LogP) is 23.1. The summed E-state index contributed by atoms with van der Waals surface area (Å²) in [5.41, 5.74) is 0. The summed E-state index contributed by atoms with van der Waals surface area (Å²) >= 11 is 0. The van der Waals surface area contributed by atoms with Gasteiger partial charge in [0.15, 0.2) is 6.10 Å².